The Bertz CT molecular complexity index is 924. The van der Waals surface area contributed by atoms with Gasteiger partial charge in [0.05, 0.1) is 12.2 Å². The molecule has 0 aliphatic carbocycles. The van der Waals surface area contributed by atoms with E-state index in [9.17, 15) is 4.79 Å². The van der Waals surface area contributed by atoms with Crippen molar-refractivity contribution in [1.29, 1.82) is 0 Å². The molecule has 8 heteroatoms. The van der Waals surface area contributed by atoms with E-state index in [0.717, 1.165) is 23.6 Å². The van der Waals surface area contributed by atoms with E-state index >= 15 is 0 Å². The second kappa shape index (κ2) is 9.27. The molecule has 1 aromatic heterocycles. The minimum Gasteiger partial charge on any atom is -0.494 e. The number of hydrogen-bond donors (Lipinski definition) is 2. The molecule has 0 aliphatic rings. The van der Waals surface area contributed by atoms with E-state index in [1.54, 1.807) is 12.1 Å². The molecule has 0 amide bonds. The smallest absolute Gasteiger partial charge is 0.335 e. The van der Waals surface area contributed by atoms with E-state index < -0.39 is 5.97 Å². The number of nitrogens with two attached hydrogens (primary N) is 1. The van der Waals surface area contributed by atoms with Crippen LogP contribution >= 0.6 is 11.8 Å². The van der Waals surface area contributed by atoms with Crippen LogP contribution in [0.15, 0.2) is 53.7 Å². The number of aromatic carboxylic acids is 1. The summed E-state index contributed by atoms with van der Waals surface area (Å²) < 4.78 is 7.16. The predicted molar refractivity (Wildman–Crippen MR) is 108 cm³/mol. The molecule has 0 fully saturated rings. The van der Waals surface area contributed by atoms with Gasteiger partial charge in [-0.15, -0.1) is 10.2 Å². The summed E-state index contributed by atoms with van der Waals surface area (Å²) in [7, 11) is 0. The highest BCUT2D eigenvalue weighted by Gasteiger charge is 2.11. The number of carboxylic acids is 1. The third-order valence-corrected chi connectivity index (χ3v) is 5.14. The summed E-state index contributed by atoms with van der Waals surface area (Å²) in [5.41, 5.74) is 2.60. The van der Waals surface area contributed by atoms with Crippen LogP contribution in [-0.2, 0) is 6.42 Å². The van der Waals surface area contributed by atoms with Crippen LogP contribution in [0.2, 0.25) is 0 Å². The van der Waals surface area contributed by atoms with Crippen LogP contribution in [0.5, 0.6) is 5.75 Å². The first-order valence-electron chi connectivity index (χ1n) is 8.87. The number of hydrogen-bond acceptors (Lipinski definition) is 6. The van der Waals surface area contributed by atoms with Crippen molar-refractivity contribution in [1.82, 2.24) is 14.9 Å². The maximum Gasteiger partial charge on any atom is 0.335 e. The second-order valence-corrected chi connectivity index (χ2v) is 7.37. The van der Waals surface area contributed by atoms with Gasteiger partial charge in [-0.3, -0.25) is 0 Å². The molecule has 3 rings (SSSR count). The van der Waals surface area contributed by atoms with E-state index in [-0.39, 0.29) is 5.56 Å². The number of nitrogen functional groups attached to an aromatic ring is 1. The summed E-state index contributed by atoms with van der Waals surface area (Å²) in [5.74, 6) is 7.33. The number of carbonyl (C=O) groups is 1. The number of carboxylic acid groups (broad SMARTS) is 1. The quantitative estimate of drug-likeness (QED) is 0.324. The van der Waals surface area contributed by atoms with Crippen molar-refractivity contribution in [3.63, 3.8) is 0 Å². The lowest BCUT2D eigenvalue weighted by molar-refractivity contribution is 0.0697. The Morgan fingerprint density at radius 3 is 2.54 bits per heavy atom. The topological polar surface area (TPSA) is 103 Å². The van der Waals surface area contributed by atoms with Crippen LogP contribution in [0.4, 0.5) is 0 Å². The van der Waals surface area contributed by atoms with Crippen molar-refractivity contribution in [3.05, 3.63) is 71.0 Å². The Balaban J connectivity index is 1.43. The van der Waals surface area contributed by atoms with Gasteiger partial charge < -0.3 is 15.7 Å². The standard InChI is InChI=1S/C20H22N4O3S/c1-14-3-5-15(6-4-14)13-18-22-23-20(24(18)21)28-12-2-11-27-17-9-7-16(8-10-17)19(25)26/h3-10H,2,11-13,21H2,1H3,(H,25,26). The molecule has 0 aliphatic heterocycles. The van der Waals surface area contributed by atoms with Gasteiger partial charge >= 0.3 is 5.97 Å². The number of thioether (sulfide) groups is 1. The number of rotatable bonds is 9. The first-order valence-corrected chi connectivity index (χ1v) is 9.85. The van der Waals surface area contributed by atoms with Crippen LogP contribution in [0.3, 0.4) is 0 Å². The van der Waals surface area contributed by atoms with Crippen LogP contribution in [0.25, 0.3) is 0 Å². The first kappa shape index (κ1) is 19.8. The predicted octanol–water partition coefficient (Wildman–Crippen LogP) is 3.15. The normalized spacial score (nSPS) is 10.8. The van der Waals surface area contributed by atoms with Gasteiger partial charge in [-0.2, -0.15) is 0 Å². The van der Waals surface area contributed by atoms with Gasteiger partial charge in [0.2, 0.25) is 5.16 Å². The van der Waals surface area contributed by atoms with E-state index in [0.29, 0.717) is 23.9 Å². The average molecular weight is 398 g/mol. The molecule has 2 aromatic carbocycles. The fourth-order valence-corrected chi connectivity index (χ4v) is 3.31. The molecule has 0 saturated carbocycles. The van der Waals surface area contributed by atoms with Crippen LogP contribution in [0.1, 0.15) is 33.7 Å². The Labute approximate surface area is 167 Å². The lowest BCUT2D eigenvalue weighted by atomic mass is 10.1. The maximum absolute atomic E-state index is 10.8. The molecule has 3 N–H and O–H groups in total. The summed E-state index contributed by atoms with van der Waals surface area (Å²) in [4.78, 5) is 10.8. The highest BCUT2D eigenvalue weighted by atomic mass is 32.2. The zero-order valence-corrected chi connectivity index (χ0v) is 16.4. The zero-order valence-electron chi connectivity index (χ0n) is 15.5. The van der Waals surface area contributed by atoms with E-state index in [2.05, 4.69) is 41.4 Å². The molecule has 1 heterocycles. The molecule has 0 radical (unpaired) electrons. The van der Waals surface area contributed by atoms with Crippen LogP contribution in [0, 0.1) is 6.92 Å². The minimum absolute atomic E-state index is 0.242. The summed E-state index contributed by atoms with van der Waals surface area (Å²) in [6, 6.07) is 14.6. The van der Waals surface area contributed by atoms with Gasteiger partial charge in [0.25, 0.3) is 0 Å². The number of ether oxygens (including phenoxy) is 1. The number of nitrogens with zero attached hydrogens (tertiary/aromatic N) is 3. The molecular weight excluding hydrogens is 376 g/mol. The van der Waals surface area contributed by atoms with Gasteiger partial charge in [-0.1, -0.05) is 41.6 Å². The van der Waals surface area contributed by atoms with E-state index in [1.807, 2.05) is 0 Å². The second-order valence-electron chi connectivity index (χ2n) is 6.31. The highest BCUT2D eigenvalue weighted by molar-refractivity contribution is 7.99. The van der Waals surface area contributed by atoms with Gasteiger partial charge in [-0.25, -0.2) is 9.47 Å². The van der Waals surface area contributed by atoms with Gasteiger partial charge in [0, 0.05) is 12.2 Å². The van der Waals surface area contributed by atoms with Crippen molar-refractivity contribution < 1.29 is 14.6 Å². The summed E-state index contributed by atoms with van der Waals surface area (Å²) in [5, 5.41) is 17.9. The number of aromatic nitrogens is 3. The largest absolute Gasteiger partial charge is 0.494 e. The van der Waals surface area contributed by atoms with Crippen molar-refractivity contribution in [2.75, 3.05) is 18.2 Å². The molecule has 0 saturated heterocycles. The van der Waals surface area contributed by atoms with Crippen molar-refractivity contribution in [2.45, 2.75) is 24.9 Å². The van der Waals surface area contributed by atoms with Crippen molar-refractivity contribution in [3.8, 4) is 5.75 Å². The van der Waals surface area contributed by atoms with Crippen molar-refractivity contribution >= 4 is 17.7 Å². The number of aryl methyl sites for hydroxylation is 1. The third-order valence-electron chi connectivity index (χ3n) is 4.11. The first-order chi connectivity index (χ1) is 13.5. The highest BCUT2D eigenvalue weighted by Crippen LogP contribution is 2.18. The van der Waals surface area contributed by atoms with Crippen LogP contribution < -0.4 is 10.6 Å². The van der Waals surface area contributed by atoms with Gasteiger partial charge in [-0.05, 0) is 43.2 Å². The lowest BCUT2D eigenvalue weighted by Gasteiger charge is -2.06. The number of benzene rings is 2. The SMILES string of the molecule is Cc1ccc(Cc2nnc(SCCCOc3ccc(C(=O)O)cc3)n2N)cc1. The maximum atomic E-state index is 10.8. The molecule has 146 valence electrons. The minimum atomic E-state index is -0.949. The molecule has 7 nitrogen and oxygen atoms in total. The summed E-state index contributed by atoms with van der Waals surface area (Å²) >= 11 is 1.53. The molecule has 3 aromatic rings. The fourth-order valence-electron chi connectivity index (χ4n) is 2.52. The van der Waals surface area contributed by atoms with Crippen LogP contribution in [-0.4, -0.2) is 38.3 Å². The molecular formula is C20H22N4O3S. The Morgan fingerprint density at radius 2 is 1.86 bits per heavy atom. The zero-order chi connectivity index (χ0) is 19.9. The van der Waals surface area contributed by atoms with Gasteiger partial charge in [0.1, 0.15) is 5.75 Å². The van der Waals surface area contributed by atoms with Crippen molar-refractivity contribution in [2.24, 2.45) is 0 Å². The summed E-state index contributed by atoms with van der Waals surface area (Å²) in [6.45, 7) is 2.58. The Morgan fingerprint density at radius 1 is 1.14 bits per heavy atom. The average Bonchev–Trinajstić information content (AvgIpc) is 3.03. The molecule has 28 heavy (non-hydrogen) atoms. The third kappa shape index (κ3) is 5.26. The lowest BCUT2D eigenvalue weighted by Crippen LogP contribution is -2.14. The molecule has 0 unspecified atom stereocenters. The summed E-state index contributed by atoms with van der Waals surface area (Å²) in [6.07, 6.45) is 1.44. The molecule has 0 bridgehead atoms. The fraction of sp³-hybridized carbons (Fsp3) is 0.250. The van der Waals surface area contributed by atoms with E-state index in [4.69, 9.17) is 15.7 Å². The Kier molecular flexibility index (Phi) is 6.54. The Hall–Kier alpha value is -3.00. The molecule has 0 spiro atoms. The monoisotopic (exact) mass is 398 g/mol. The molecule has 0 atom stereocenters. The van der Waals surface area contributed by atoms with Gasteiger partial charge in [0.15, 0.2) is 5.82 Å². The van der Waals surface area contributed by atoms with E-state index in [1.165, 1.54) is 34.1 Å².